The molecule has 37 heavy (non-hydrogen) atoms. The van der Waals surface area contributed by atoms with Crippen LogP contribution < -0.4 is 0 Å². The van der Waals surface area contributed by atoms with Gasteiger partial charge in [0, 0.05) is 0 Å². The summed E-state index contributed by atoms with van der Waals surface area (Å²) in [5.41, 5.74) is 7.25. The molecule has 0 saturated carbocycles. The molecule has 0 bridgehead atoms. The fourth-order valence-electron chi connectivity index (χ4n) is 3.66. The summed E-state index contributed by atoms with van der Waals surface area (Å²) in [4.78, 5) is 0. The summed E-state index contributed by atoms with van der Waals surface area (Å²) in [5.74, 6) is 0.656. The maximum atomic E-state index is 3.99. The first-order valence-electron chi connectivity index (χ1n) is 15.4. The molecule has 0 N–H and O–H groups in total. The Labute approximate surface area is 237 Å². The first-order chi connectivity index (χ1) is 17.5. The van der Waals surface area contributed by atoms with E-state index in [-0.39, 0.29) is 0 Å². The summed E-state index contributed by atoms with van der Waals surface area (Å²) in [6.07, 6.45) is 22.3. The van der Waals surface area contributed by atoms with Crippen molar-refractivity contribution in [1.29, 1.82) is 0 Å². The fourth-order valence-corrected chi connectivity index (χ4v) is 3.66. The third-order valence-electron chi connectivity index (χ3n) is 6.62. The van der Waals surface area contributed by atoms with Gasteiger partial charge in [-0.15, -0.1) is 6.58 Å². The van der Waals surface area contributed by atoms with Crippen LogP contribution in [0.2, 0.25) is 0 Å². The Bertz CT molecular complexity index is 612. The van der Waals surface area contributed by atoms with E-state index in [1.54, 1.807) is 0 Å². The van der Waals surface area contributed by atoms with Crippen molar-refractivity contribution in [3.63, 3.8) is 0 Å². The quantitative estimate of drug-likeness (QED) is 0.103. The molecule has 1 unspecified atom stereocenters. The van der Waals surface area contributed by atoms with Crippen LogP contribution in [0.15, 0.2) is 71.9 Å². The lowest BCUT2D eigenvalue weighted by Crippen LogP contribution is -1.93. The molecule has 0 aromatic rings. The molecule has 0 fully saturated rings. The van der Waals surface area contributed by atoms with Gasteiger partial charge in [0.2, 0.25) is 0 Å². The second-order valence-corrected chi connectivity index (χ2v) is 10.3. The van der Waals surface area contributed by atoms with Gasteiger partial charge in [-0.05, 0) is 77.0 Å². The van der Waals surface area contributed by atoms with E-state index in [0.717, 1.165) is 17.6 Å². The molecule has 0 rings (SSSR count). The zero-order valence-electron chi connectivity index (χ0n) is 27.8. The maximum Gasteiger partial charge on any atom is -0.0175 e. The van der Waals surface area contributed by atoms with Crippen LogP contribution in [0.4, 0.5) is 0 Å². The smallest absolute Gasteiger partial charge is 0.0175 e. The molecule has 0 spiro atoms. The lowest BCUT2D eigenvalue weighted by Gasteiger charge is -2.12. The highest BCUT2D eigenvalue weighted by atomic mass is 14.1. The van der Waals surface area contributed by atoms with Gasteiger partial charge >= 0.3 is 0 Å². The summed E-state index contributed by atoms with van der Waals surface area (Å²) >= 11 is 0. The predicted octanol–water partition coefficient (Wildman–Crippen LogP) is 13.9. The predicted molar refractivity (Wildman–Crippen MR) is 179 cm³/mol. The normalized spacial score (nSPS) is 11.8. The van der Waals surface area contributed by atoms with E-state index < -0.39 is 0 Å². The van der Waals surface area contributed by atoms with Crippen molar-refractivity contribution < 1.29 is 0 Å². The van der Waals surface area contributed by atoms with Crippen LogP contribution in [0.25, 0.3) is 0 Å². The van der Waals surface area contributed by atoms with Crippen molar-refractivity contribution in [3.05, 3.63) is 71.9 Å². The van der Waals surface area contributed by atoms with Crippen molar-refractivity contribution in [2.45, 2.75) is 160 Å². The zero-order chi connectivity index (χ0) is 29.6. The standard InChI is InChI=1S/C13H20.C13H28.C9H16.C2H6/c1-8-11(6)13(10(4)5)12(7)9(2)3;1-3-5-7-9-11-13-12-10-8-6-4-2;1-5-6-7-9(4)8(2)3;1-2/h8H,2,4H2,1,3,5-7H3;3-13H2,1-2H3;5,9H,1-2,6-7H2,3-4H3;1-2H3/b11-8-,13-12+;;;. The topological polar surface area (TPSA) is 0 Å². The summed E-state index contributed by atoms with van der Waals surface area (Å²) in [6, 6.07) is 0. The summed E-state index contributed by atoms with van der Waals surface area (Å²) < 4.78 is 0. The second kappa shape index (κ2) is 32.5. The first-order valence-corrected chi connectivity index (χ1v) is 15.4. The van der Waals surface area contributed by atoms with Gasteiger partial charge in [0.05, 0.1) is 0 Å². The number of allylic oxidation sites excluding steroid dienone is 8. The maximum absolute atomic E-state index is 3.99. The van der Waals surface area contributed by atoms with Gasteiger partial charge in [0.15, 0.2) is 0 Å². The summed E-state index contributed by atoms with van der Waals surface area (Å²) in [6.45, 7) is 38.6. The van der Waals surface area contributed by atoms with E-state index in [0.29, 0.717) is 5.92 Å². The Kier molecular flexibility index (Phi) is 37.3. The Morgan fingerprint density at radius 3 is 1.30 bits per heavy atom. The van der Waals surface area contributed by atoms with Crippen LogP contribution in [0.1, 0.15) is 160 Å². The molecule has 0 amide bonds. The molecular weight excluding hydrogens is 444 g/mol. The molecule has 0 nitrogen and oxygen atoms in total. The van der Waals surface area contributed by atoms with Crippen LogP contribution in [0.5, 0.6) is 0 Å². The molecule has 0 aliphatic rings. The number of unbranched alkanes of at least 4 members (excludes halogenated alkanes) is 10. The molecule has 0 aliphatic heterocycles. The van der Waals surface area contributed by atoms with Gasteiger partial charge in [-0.1, -0.05) is 154 Å². The second-order valence-electron chi connectivity index (χ2n) is 10.3. The molecule has 218 valence electrons. The van der Waals surface area contributed by atoms with Crippen LogP contribution in [0.3, 0.4) is 0 Å². The van der Waals surface area contributed by atoms with Gasteiger partial charge < -0.3 is 0 Å². The Balaban J connectivity index is -0.000000217. The van der Waals surface area contributed by atoms with Gasteiger partial charge in [-0.2, -0.15) is 0 Å². The van der Waals surface area contributed by atoms with E-state index in [1.807, 2.05) is 40.7 Å². The average Bonchev–Trinajstić information content (AvgIpc) is 2.87. The average molecular weight is 515 g/mol. The lowest BCUT2D eigenvalue weighted by atomic mass is 9.93. The van der Waals surface area contributed by atoms with Crippen LogP contribution in [-0.2, 0) is 0 Å². The number of rotatable bonds is 17. The largest absolute Gasteiger partial charge is 0.103 e. The summed E-state index contributed by atoms with van der Waals surface area (Å²) in [7, 11) is 0. The van der Waals surface area contributed by atoms with Crippen LogP contribution in [-0.4, -0.2) is 0 Å². The third-order valence-corrected chi connectivity index (χ3v) is 6.62. The Morgan fingerprint density at radius 2 is 1.05 bits per heavy atom. The van der Waals surface area contributed by atoms with Crippen molar-refractivity contribution in [1.82, 2.24) is 0 Å². The molecule has 0 aliphatic carbocycles. The van der Waals surface area contributed by atoms with Crippen molar-refractivity contribution in [2.75, 3.05) is 0 Å². The zero-order valence-corrected chi connectivity index (χ0v) is 27.8. The summed E-state index contributed by atoms with van der Waals surface area (Å²) in [5, 5.41) is 0. The highest BCUT2D eigenvalue weighted by Gasteiger charge is 2.05. The molecule has 0 heteroatoms. The van der Waals surface area contributed by atoms with Crippen LogP contribution >= 0.6 is 0 Å². The van der Waals surface area contributed by atoms with Gasteiger partial charge in [0.25, 0.3) is 0 Å². The van der Waals surface area contributed by atoms with Crippen molar-refractivity contribution in [3.8, 4) is 0 Å². The minimum absolute atomic E-state index is 0.656. The van der Waals surface area contributed by atoms with E-state index >= 15 is 0 Å². The molecule has 0 heterocycles. The SMILES string of the molecule is C=C(C)/C(C)=C(C(=C)C)/C(C)=C\C.C=CCCC(C)C(=C)C.CC.CCCCCCCCCCCCC. The van der Waals surface area contributed by atoms with Gasteiger partial charge in [-0.25, -0.2) is 0 Å². The first kappa shape index (κ1) is 42.5. The highest BCUT2D eigenvalue weighted by molar-refractivity contribution is 5.51. The van der Waals surface area contributed by atoms with Crippen molar-refractivity contribution >= 4 is 0 Å². The number of hydrogen-bond acceptors (Lipinski definition) is 0. The minimum atomic E-state index is 0.656. The molecule has 0 aromatic carbocycles. The Morgan fingerprint density at radius 1 is 0.676 bits per heavy atom. The number of hydrogen-bond donors (Lipinski definition) is 0. The monoisotopic (exact) mass is 515 g/mol. The van der Waals surface area contributed by atoms with E-state index in [4.69, 9.17) is 0 Å². The van der Waals surface area contributed by atoms with Gasteiger partial charge in [0.1, 0.15) is 0 Å². The molecule has 0 aromatic heterocycles. The minimum Gasteiger partial charge on any atom is -0.103 e. The molecular formula is C37H70. The van der Waals surface area contributed by atoms with E-state index in [2.05, 4.69) is 73.9 Å². The lowest BCUT2D eigenvalue weighted by molar-refractivity contribution is 0.554. The molecule has 1 atom stereocenters. The van der Waals surface area contributed by atoms with E-state index in [1.165, 1.54) is 99.3 Å². The molecule has 0 saturated heterocycles. The Hall–Kier alpha value is -1.56. The molecule has 0 radical (unpaired) electrons. The fraction of sp³-hybridized carbons (Fsp3) is 0.676. The van der Waals surface area contributed by atoms with Crippen LogP contribution in [0, 0.1) is 5.92 Å². The highest BCUT2D eigenvalue weighted by Crippen LogP contribution is 2.25. The van der Waals surface area contributed by atoms with E-state index in [9.17, 15) is 0 Å². The van der Waals surface area contributed by atoms with Gasteiger partial charge in [-0.3, -0.25) is 0 Å². The third kappa shape index (κ3) is 30.6. The van der Waals surface area contributed by atoms with Crippen molar-refractivity contribution in [2.24, 2.45) is 5.92 Å².